The molecule has 2 aromatic heterocycles. The maximum atomic E-state index is 15.1. The highest BCUT2D eigenvalue weighted by molar-refractivity contribution is 5.93. The second-order valence-electron chi connectivity index (χ2n) is 10.8. The molecule has 10 heteroatoms. The molecule has 9 nitrogen and oxygen atoms in total. The molecule has 198 valence electrons. The number of amides is 1. The van der Waals surface area contributed by atoms with Gasteiger partial charge in [-0.2, -0.15) is 0 Å². The van der Waals surface area contributed by atoms with E-state index in [-0.39, 0.29) is 36.3 Å². The molecule has 0 spiro atoms. The molecule has 0 saturated carbocycles. The molecule has 1 aromatic carbocycles. The summed E-state index contributed by atoms with van der Waals surface area (Å²) in [6.45, 7) is 4.59. The monoisotopic (exact) mass is 521 g/mol. The number of esters is 1. The third kappa shape index (κ3) is 3.29. The molecule has 0 bridgehead atoms. The zero-order valence-electron chi connectivity index (χ0n) is 21.4. The van der Waals surface area contributed by atoms with Crippen LogP contribution < -0.4 is 10.9 Å². The summed E-state index contributed by atoms with van der Waals surface area (Å²) in [6, 6.07) is 3.03. The van der Waals surface area contributed by atoms with Gasteiger partial charge in [0, 0.05) is 28.1 Å². The van der Waals surface area contributed by atoms with Gasteiger partial charge < -0.3 is 24.8 Å². The van der Waals surface area contributed by atoms with Crippen LogP contribution in [0.5, 0.6) is 0 Å². The largest absolute Gasteiger partial charge is 0.458 e. The van der Waals surface area contributed by atoms with E-state index in [0.29, 0.717) is 41.7 Å². The highest BCUT2D eigenvalue weighted by Crippen LogP contribution is 2.44. The number of aryl methyl sites for hydroxylation is 1. The van der Waals surface area contributed by atoms with Crippen LogP contribution >= 0.6 is 0 Å². The first kappa shape index (κ1) is 24.7. The number of ether oxygens (including phenoxy) is 1. The van der Waals surface area contributed by atoms with Gasteiger partial charge in [-0.25, -0.2) is 14.2 Å². The Balaban J connectivity index is 1.63. The van der Waals surface area contributed by atoms with Crippen molar-refractivity contribution in [2.45, 2.75) is 70.7 Å². The van der Waals surface area contributed by atoms with E-state index in [1.54, 1.807) is 24.5 Å². The molecule has 0 radical (unpaired) electrons. The summed E-state index contributed by atoms with van der Waals surface area (Å²) in [7, 11) is 0. The fourth-order valence-electron chi connectivity index (χ4n) is 6.36. The fourth-order valence-corrected chi connectivity index (χ4v) is 6.36. The summed E-state index contributed by atoms with van der Waals surface area (Å²) in [5.74, 6) is -1.69. The van der Waals surface area contributed by atoms with Crippen molar-refractivity contribution in [2.75, 3.05) is 6.61 Å². The molecule has 38 heavy (non-hydrogen) atoms. The summed E-state index contributed by atoms with van der Waals surface area (Å²) in [4.78, 5) is 43.2. The number of rotatable bonds is 3. The summed E-state index contributed by atoms with van der Waals surface area (Å²) in [5, 5.41) is 24.3. The van der Waals surface area contributed by atoms with Crippen LogP contribution in [0.1, 0.15) is 60.1 Å². The molecular weight excluding hydrogens is 493 g/mol. The average molecular weight is 522 g/mol. The van der Waals surface area contributed by atoms with Gasteiger partial charge in [-0.05, 0) is 62.3 Å². The van der Waals surface area contributed by atoms with Crippen LogP contribution in [-0.2, 0) is 45.9 Å². The number of aliphatic hydroxyl groups is 2. The van der Waals surface area contributed by atoms with Gasteiger partial charge in [-0.3, -0.25) is 9.59 Å². The van der Waals surface area contributed by atoms with Crippen molar-refractivity contribution >= 4 is 22.8 Å². The van der Waals surface area contributed by atoms with E-state index in [1.807, 2.05) is 6.92 Å². The minimum atomic E-state index is -1.95. The zero-order chi connectivity index (χ0) is 27.1. The highest BCUT2D eigenvalue weighted by Gasteiger charge is 2.46. The Morgan fingerprint density at radius 2 is 2.00 bits per heavy atom. The van der Waals surface area contributed by atoms with Crippen LogP contribution in [0.3, 0.4) is 0 Å². The van der Waals surface area contributed by atoms with Crippen LogP contribution in [0.2, 0.25) is 0 Å². The lowest BCUT2D eigenvalue weighted by molar-refractivity contribution is -0.172. The number of aliphatic hydroxyl groups excluding tert-OH is 1. The Labute approximate surface area is 217 Å². The van der Waals surface area contributed by atoms with E-state index in [2.05, 4.69) is 5.32 Å². The maximum Gasteiger partial charge on any atom is 0.343 e. The Morgan fingerprint density at radius 3 is 2.71 bits per heavy atom. The normalized spacial score (nSPS) is 23.4. The van der Waals surface area contributed by atoms with Crippen LogP contribution in [0.25, 0.3) is 22.3 Å². The number of nitrogens with zero attached hydrogens (tertiary/aromatic N) is 2. The fraction of sp³-hybridized carbons (Fsp3) is 0.429. The molecule has 2 aliphatic heterocycles. The Morgan fingerprint density at radius 1 is 1.24 bits per heavy atom. The number of hydrogen-bond acceptors (Lipinski definition) is 7. The van der Waals surface area contributed by atoms with E-state index in [1.165, 1.54) is 6.07 Å². The predicted octanol–water partition coefficient (Wildman–Crippen LogP) is 1.88. The standard InChI is InChI=1S/C28H28FN3O6/c1-4-28(37)18-7-21-24-16(10-32(21)25(35)17(18)12-38-26(28)36)15-9-27(3,31-22(34)11-33)6-5-14-13(2)19(29)8-20(30-24)23(14)15/h7-8,33,37H,4-6,9-12H2,1-3H3,(H,31,34)/t27?,28-/m0/s1. The van der Waals surface area contributed by atoms with Crippen molar-refractivity contribution in [2.24, 2.45) is 0 Å². The molecule has 2 atom stereocenters. The van der Waals surface area contributed by atoms with Gasteiger partial charge in [0.25, 0.3) is 5.56 Å². The quantitative estimate of drug-likeness (QED) is 0.351. The Bertz CT molecular complexity index is 1650. The van der Waals surface area contributed by atoms with E-state index in [0.717, 1.165) is 22.1 Å². The number of fused-ring (bicyclic) bond motifs is 5. The third-order valence-corrected chi connectivity index (χ3v) is 8.50. The van der Waals surface area contributed by atoms with E-state index >= 15 is 4.39 Å². The lowest BCUT2D eigenvalue weighted by atomic mass is 9.85. The average Bonchev–Trinajstić information content (AvgIpc) is 3.17. The predicted molar refractivity (Wildman–Crippen MR) is 135 cm³/mol. The lowest BCUT2D eigenvalue weighted by Crippen LogP contribution is -2.48. The number of benzene rings is 1. The van der Waals surface area contributed by atoms with Crippen molar-refractivity contribution in [1.29, 1.82) is 0 Å². The van der Waals surface area contributed by atoms with Crippen LogP contribution in [0.15, 0.2) is 16.9 Å². The number of cyclic esters (lactones) is 1. The van der Waals surface area contributed by atoms with Gasteiger partial charge >= 0.3 is 5.97 Å². The van der Waals surface area contributed by atoms with E-state index < -0.39 is 35.4 Å². The molecule has 6 rings (SSSR count). The van der Waals surface area contributed by atoms with Crippen molar-refractivity contribution in [3.05, 3.63) is 61.7 Å². The number of pyridine rings is 2. The Hall–Kier alpha value is -3.63. The van der Waals surface area contributed by atoms with Crippen molar-refractivity contribution in [3.63, 3.8) is 0 Å². The second kappa shape index (κ2) is 8.18. The molecule has 3 aromatic rings. The van der Waals surface area contributed by atoms with E-state index in [9.17, 15) is 24.6 Å². The van der Waals surface area contributed by atoms with E-state index in [4.69, 9.17) is 9.72 Å². The molecular formula is C28H28FN3O6. The van der Waals surface area contributed by atoms with Gasteiger partial charge in [0.1, 0.15) is 19.0 Å². The first-order valence-electron chi connectivity index (χ1n) is 12.7. The summed E-state index contributed by atoms with van der Waals surface area (Å²) in [6.07, 6.45) is 1.44. The number of carbonyl (C=O) groups is 2. The van der Waals surface area contributed by atoms with Crippen LogP contribution in [0, 0.1) is 12.7 Å². The summed E-state index contributed by atoms with van der Waals surface area (Å²) >= 11 is 0. The molecule has 0 fully saturated rings. The number of hydrogen-bond donors (Lipinski definition) is 3. The summed E-state index contributed by atoms with van der Waals surface area (Å²) in [5.41, 5.74) is 1.73. The van der Waals surface area contributed by atoms with Gasteiger partial charge in [-0.15, -0.1) is 0 Å². The Kier molecular flexibility index (Phi) is 5.32. The van der Waals surface area contributed by atoms with Gasteiger partial charge in [-0.1, -0.05) is 6.92 Å². The van der Waals surface area contributed by atoms with Crippen molar-refractivity contribution < 1.29 is 28.9 Å². The van der Waals surface area contributed by atoms with Gasteiger partial charge in [0.15, 0.2) is 5.60 Å². The van der Waals surface area contributed by atoms with Crippen LogP contribution in [0.4, 0.5) is 4.39 Å². The molecule has 4 heterocycles. The number of aromatic nitrogens is 2. The second-order valence-corrected chi connectivity index (χ2v) is 10.8. The molecule has 0 saturated heterocycles. The number of nitrogens with one attached hydrogen (secondary N) is 1. The highest BCUT2D eigenvalue weighted by atomic mass is 19.1. The molecule has 1 amide bonds. The minimum absolute atomic E-state index is 0.0295. The SMILES string of the molecule is CC[C@@]1(O)C(=O)OCc2c1cc1n(c2=O)Cc2c-1nc1cc(F)c(C)c3c1c2CC(C)(NC(=O)CO)CC3. The smallest absolute Gasteiger partial charge is 0.343 e. The molecule has 3 N–H and O–H groups in total. The van der Waals surface area contributed by atoms with Crippen LogP contribution in [-0.4, -0.2) is 43.8 Å². The van der Waals surface area contributed by atoms with Crippen molar-refractivity contribution in [1.82, 2.24) is 14.9 Å². The lowest BCUT2D eigenvalue weighted by Gasteiger charge is -2.31. The minimum Gasteiger partial charge on any atom is -0.458 e. The molecule has 3 aliphatic rings. The first-order chi connectivity index (χ1) is 18.0. The van der Waals surface area contributed by atoms with Crippen molar-refractivity contribution in [3.8, 4) is 11.4 Å². The summed E-state index contributed by atoms with van der Waals surface area (Å²) < 4.78 is 21.8. The number of carbonyl (C=O) groups excluding carboxylic acids is 2. The zero-order valence-corrected chi connectivity index (χ0v) is 21.4. The molecule has 1 unspecified atom stereocenters. The molecule has 1 aliphatic carbocycles. The number of halogens is 1. The third-order valence-electron chi connectivity index (χ3n) is 8.50. The maximum absolute atomic E-state index is 15.1. The topological polar surface area (TPSA) is 131 Å². The first-order valence-corrected chi connectivity index (χ1v) is 12.7. The van der Waals surface area contributed by atoms with Gasteiger partial charge in [0.05, 0.1) is 29.0 Å². The van der Waals surface area contributed by atoms with Gasteiger partial charge in [0.2, 0.25) is 5.91 Å².